The first-order chi connectivity index (χ1) is 16.5. The van der Waals surface area contributed by atoms with Crippen molar-refractivity contribution in [2.24, 2.45) is 5.92 Å². The molecule has 1 saturated carbocycles. The van der Waals surface area contributed by atoms with Crippen LogP contribution in [0.4, 0.5) is 4.39 Å². The Labute approximate surface area is 207 Å². The lowest BCUT2D eigenvalue weighted by Crippen LogP contribution is -2.47. The van der Waals surface area contributed by atoms with Crippen LogP contribution < -0.4 is 0 Å². The fraction of sp³-hybridized carbons (Fsp3) is 0.615. The number of benzene rings is 1. The van der Waals surface area contributed by atoms with E-state index in [2.05, 4.69) is 20.8 Å². The summed E-state index contributed by atoms with van der Waals surface area (Å²) in [7, 11) is 1.43. The van der Waals surface area contributed by atoms with E-state index in [0.29, 0.717) is 18.5 Å². The van der Waals surface area contributed by atoms with Crippen molar-refractivity contribution in [3.05, 3.63) is 47.3 Å². The summed E-state index contributed by atoms with van der Waals surface area (Å²) >= 11 is 4.82. The summed E-state index contributed by atoms with van der Waals surface area (Å²) in [4.78, 5) is 31.4. The van der Waals surface area contributed by atoms with Crippen molar-refractivity contribution in [2.45, 2.75) is 37.0 Å². The average Bonchev–Trinajstić information content (AvgIpc) is 3.70. The Balaban J connectivity index is 1.37. The van der Waals surface area contributed by atoms with Crippen LogP contribution in [0.25, 0.3) is 0 Å². The van der Waals surface area contributed by atoms with Crippen molar-refractivity contribution in [1.29, 1.82) is 0 Å². The predicted octanol–water partition coefficient (Wildman–Crippen LogP) is 2.96. The van der Waals surface area contributed by atoms with Crippen LogP contribution in [0.3, 0.4) is 0 Å². The number of esters is 1. The van der Waals surface area contributed by atoms with Crippen LogP contribution in [0.5, 0.6) is 0 Å². The van der Waals surface area contributed by atoms with Crippen molar-refractivity contribution in [1.82, 2.24) is 14.7 Å². The van der Waals surface area contributed by atoms with Gasteiger partial charge >= 0.3 is 5.97 Å². The molecule has 2 saturated heterocycles. The predicted molar refractivity (Wildman–Crippen MR) is 133 cm³/mol. The van der Waals surface area contributed by atoms with Gasteiger partial charge in [0.2, 0.25) is 0 Å². The molecule has 0 N–H and O–H groups in total. The standard InChI is InChI=1S/C26H36FN3O3S/c1-33-24(31)10-12-29-16-14-28(15-17-29)11-8-20-18-30(13-9-23(20)34)25(26(32)19-6-7-19)21-4-2-3-5-22(21)27/h2-5,8,19,23,25,34H,6-7,9-18H2,1H3/b20-8+. The zero-order chi connectivity index (χ0) is 24.1. The summed E-state index contributed by atoms with van der Waals surface area (Å²) < 4.78 is 19.4. The third-order valence-corrected chi connectivity index (χ3v) is 7.84. The number of carbonyl (C=O) groups is 2. The number of hydrogen-bond donors (Lipinski definition) is 1. The molecule has 0 amide bonds. The van der Waals surface area contributed by atoms with E-state index < -0.39 is 6.04 Å². The third-order valence-electron chi connectivity index (χ3n) is 7.25. The molecular formula is C26H36FN3O3S. The van der Waals surface area contributed by atoms with E-state index in [1.165, 1.54) is 18.7 Å². The van der Waals surface area contributed by atoms with E-state index in [0.717, 1.165) is 65.1 Å². The monoisotopic (exact) mass is 489 g/mol. The molecule has 34 heavy (non-hydrogen) atoms. The second-order valence-corrected chi connectivity index (χ2v) is 10.2. The van der Waals surface area contributed by atoms with Gasteiger partial charge in [-0.3, -0.25) is 19.4 Å². The number of carbonyl (C=O) groups excluding carboxylic acids is 2. The smallest absolute Gasteiger partial charge is 0.306 e. The van der Waals surface area contributed by atoms with Crippen molar-refractivity contribution < 1.29 is 18.7 Å². The molecule has 4 rings (SSSR count). The van der Waals surface area contributed by atoms with Crippen LogP contribution in [-0.2, 0) is 14.3 Å². The number of piperazine rings is 1. The second-order valence-electron chi connectivity index (χ2n) is 9.62. The number of hydrogen-bond acceptors (Lipinski definition) is 7. The van der Waals surface area contributed by atoms with Gasteiger partial charge in [0, 0.05) is 69.1 Å². The number of likely N-dealkylation sites (tertiary alicyclic amines) is 1. The summed E-state index contributed by atoms with van der Waals surface area (Å²) in [6, 6.07) is 6.19. The van der Waals surface area contributed by atoms with Crippen LogP contribution in [-0.4, -0.2) is 91.2 Å². The molecule has 0 bridgehead atoms. The van der Waals surface area contributed by atoms with Gasteiger partial charge in [0.05, 0.1) is 19.6 Å². The van der Waals surface area contributed by atoms with Gasteiger partial charge in [-0.2, -0.15) is 12.6 Å². The number of piperidine rings is 1. The highest BCUT2D eigenvalue weighted by Crippen LogP contribution is 2.39. The van der Waals surface area contributed by atoms with E-state index in [4.69, 9.17) is 17.4 Å². The minimum Gasteiger partial charge on any atom is -0.469 e. The first-order valence-electron chi connectivity index (χ1n) is 12.4. The molecule has 186 valence electrons. The van der Waals surface area contributed by atoms with E-state index in [1.807, 2.05) is 6.07 Å². The van der Waals surface area contributed by atoms with E-state index in [1.54, 1.807) is 12.1 Å². The second kappa shape index (κ2) is 11.8. The number of rotatable bonds is 9. The molecule has 2 heterocycles. The summed E-state index contributed by atoms with van der Waals surface area (Å²) in [5, 5.41) is 0.162. The van der Waals surface area contributed by atoms with Crippen molar-refractivity contribution in [3.63, 3.8) is 0 Å². The van der Waals surface area contributed by atoms with Crippen LogP contribution in [0.1, 0.15) is 37.3 Å². The highest BCUT2D eigenvalue weighted by atomic mass is 32.1. The van der Waals surface area contributed by atoms with Gasteiger partial charge < -0.3 is 9.64 Å². The molecule has 0 aromatic heterocycles. The highest BCUT2D eigenvalue weighted by Gasteiger charge is 2.40. The van der Waals surface area contributed by atoms with Gasteiger partial charge in [-0.1, -0.05) is 24.3 Å². The SMILES string of the molecule is COC(=O)CCN1CCN(C/C=C2\CN(C(C(=O)C3CC3)c3ccccc3F)CCC2S)CC1. The first-order valence-corrected chi connectivity index (χ1v) is 12.9. The summed E-state index contributed by atoms with van der Waals surface area (Å²) in [5.41, 5.74) is 1.71. The van der Waals surface area contributed by atoms with Gasteiger partial charge in [0.1, 0.15) is 5.82 Å². The number of methoxy groups -OCH3 is 1. The van der Waals surface area contributed by atoms with Crippen LogP contribution >= 0.6 is 12.6 Å². The van der Waals surface area contributed by atoms with Crippen molar-refractivity contribution in [2.75, 3.05) is 59.5 Å². The molecule has 2 atom stereocenters. The topological polar surface area (TPSA) is 53.1 Å². The van der Waals surface area contributed by atoms with Crippen LogP contribution in [0.2, 0.25) is 0 Å². The zero-order valence-electron chi connectivity index (χ0n) is 20.0. The quantitative estimate of drug-likeness (QED) is 0.327. The maximum absolute atomic E-state index is 14.7. The Morgan fingerprint density at radius 1 is 1.12 bits per heavy atom. The molecule has 1 aromatic rings. The van der Waals surface area contributed by atoms with Crippen LogP contribution in [0, 0.1) is 11.7 Å². The van der Waals surface area contributed by atoms with Crippen molar-refractivity contribution >= 4 is 24.4 Å². The molecule has 2 unspecified atom stereocenters. The Morgan fingerprint density at radius 2 is 1.82 bits per heavy atom. The van der Waals surface area contributed by atoms with Gasteiger partial charge in [-0.05, 0) is 30.9 Å². The van der Waals surface area contributed by atoms with E-state index in [-0.39, 0.29) is 28.7 Å². The Kier molecular flexibility index (Phi) is 8.80. The molecule has 0 spiro atoms. The zero-order valence-corrected chi connectivity index (χ0v) is 20.9. The Hall–Kier alpha value is -1.74. The fourth-order valence-electron chi connectivity index (χ4n) is 4.92. The lowest BCUT2D eigenvalue weighted by molar-refractivity contribution is -0.141. The number of ether oxygens (including phenoxy) is 1. The van der Waals surface area contributed by atoms with Crippen LogP contribution in [0.15, 0.2) is 35.9 Å². The molecule has 3 aliphatic rings. The molecule has 1 aromatic carbocycles. The van der Waals surface area contributed by atoms with Gasteiger partial charge in [-0.15, -0.1) is 0 Å². The maximum Gasteiger partial charge on any atom is 0.306 e. The summed E-state index contributed by atoms with van der Waals surface area (Å²) in [6.07, 6.45) is 5.37. The lowest BCUT2D eigenvalue weighted by atomic mass is 9.93. The average molecular weight is 490 g/mol. The third kappa shape index (κ3) is 6.47. The molecule has 3 fully saturated rings. The minimum absolute atomic E-state index is 0.0706. The first kappa shape index (κ1) is 25.4. The number of ketones is 1. The lowest BCUT2D eigenvalue weighted by Gasteiger charge is -2.38. The molecule has 0 radical (unpaired) electrons. The highest BCUT2D eigenvalue weighted by molar-refractivity contribution is 7.81. The largest absolute Gasteiger partial charge is 0.469 e. The van der Waals surface area contributed by atoms with E-state index in [9.17, 15) is 14.0 Å². The van der Waals surface area contributed by atoms with Crippen molar-refractivity contribution in [3.8, 4) is 0 Å². The molecule has 1 aliphatic carbocycles. The van der Waals surface area contributed by atoms with Gasteiger partial charge in [0.15, 0.2) is 5.78 Å². The molecule has 8 heteroatoms. The minimum atomic E-state index is -0.517. The number of thiol groups is 1. The molecular weight excluding hydrogens is 453 g/mol. The number of Topliss-reactive ketones (excluding diaryl/α,β-unsaturated/α-hetero) is 1. The fourth-order valence-corrected chi connectivity index (χ4v) is 5.23. The Morgan fingerprint density at radius 3 is 2.50 bits per heavy atom. The molecule has 2 aliphatic heterocycles. The maximum atomic E-state index is 14.7. The summed E-state index contributed by atoms with van der Waals surface area (Å²) in [5.74, 6) is -0.237. The normalized spacial score (nSPS) is 24.8. The Bertz CT molecular complexity index is 899. The summed E-state index contributed by atoms with van der Waals surface area (Å²) in [6.45, 7) is 6.72. The van der Waals surface area contributed by atoms with E-state index >= 15 is 0 Å². The van der Waals surface area contributed by atoms with Gasteiger partial charge in [0.25, 0.3) is 0 Å². The van der Waals surface area contributed by atoms with Gasteiger partial charge in [-0.25, -0.2) is 4.39 Å². The number of halogens is 1. The molecule has 6 nitrogen and oxygen atoms in total. The number of nitrogens with zero attached hydrogens (tertiary/aromatic N) is 3.